The van der Waals surface area contributed by atoms with Crippen LogP contribution in [-0.2, 0) is 4.74 Å². The van der Waals surface area contributed by atoms with Crippen molar-refractivity contribution in [1.29, 1.82) is 0 Å². The topological polar surface area (TPSA) is 66.8 Å². The number of carbonyl (C=O) groups excluding carboxylic acids is 1. The lowest BCUT2D eigenvalue weighted by Crippen LogP contribution is -2.05. The Hall–Kier alpha value is -2.23. The summed E-state index contributed by atoms with van der Waals surface area (Å²) in [6.07, 6.45) is 0. The number of phenolic OH excluding ortho intramolecular Hbond substituents is 2. The van der Waals surface area contributed by atoms with Gasteiger partial charge in [0.25, 0.3) is 0 Å². The average molecular weight is 232 g/mol. The predicted octanol–water partition coefficient (Wildman–Crippen LogP) is 2.35. The second-order valence-electron chi connectivity index (χ2n) is 3.73. The zero-order valence-electron chi connectivity index (χ0n) is 9.52. The first-order chi connectivity index (χ1) is 8.07. The van der Waals surface area contributed by atoms with E-state index in [2.05, 4.69) is 4.74 Å². The first-order valence-corrected chi connectivity index (χ1v) is 5.09. The van der Waals surface area contributed by atoms with Gasteiger partial charge in [-0.3, -0.25) is 0 Å². The molecule has 4 nitrogen and oxygen atoms in total. The molecule has 0 aliphatic carbocycles. The van der Waals surface area contributed by atoms with Crippen LogP contribution in [0.25, 0.3) is 10.8 Å². The Morgan fingerprint density at radius 3 is 2.18 bits per heavy atom. The second kappa shape index (κ2) is 3.97. The van der Waals surface area contributed by atoms with Gasteiger partial charge in [-0.2, -0.15) is 0 Å². The van der Waals surface area contributed by atoms with Crippen LogP contribution in [0, 0.1) is 6.92 Å². The first-order valence-electron chi connectivity index (χ1n) is 5.09. The fraction of sp³-hybridized carbons (Fsp3) is 0.154. The van der Waals surface area contributed by atoms with Gasteiger partial charge in [0.1, 0.15) is 17.1 Å². The first kappa shape index (κ1) is 11.3. The molecule has 0 aliphatic heterocycles. The van der Waals surface area contributed by atoms with Crippen LogP contribution in [-0.4, -0.2) is 23.3 Å². The molecule has 0 heterocycles. The van der Waals surface area contributed by atoms with Crippen molar-refractivity contribution in [2.45, 2.75) is 6.92 Å². The number of rotatable bonds is 1. The molecule has 0 radical (unpaired) electrons. The Morgan fingerprint density at radius 2 is 1.65 bits per heavy atom. The van der Waals surface area contributed by atoms with Gasteiger partial charge in [0.15, 0.2) is 0 Å². The van der Waals surface area contributed by atoms with Crippen molar-refractivity contribution in [1.82, 2.24) is 0 Å². The Labute approximate surface area is 98.1 Å². The van der Waals surface area contributed by atoms with Crippen LogP contribution < -0.4 is 0 Å². The number of carbonyl (C=O) groups is 1. The van der Waals surface area contributed by atoms with E-state index in [1.54, 1.807) is 31.2 Å². The van der Waals surface area contributed by atoms with Crippen molar-refractivity contribution < 1.29 is 19.7 Å². The predicted molar refractivity (Wildman–Crippen MR) is 63.4 cm³/mol. The summed E-state index contributed by atoms with van der Waals surface area (Å²) in [5.41, 5.74) is 0.316. The summed E-state index contributed by atoms with van der Waals surface area (Å²) in [6.45, 7) is 1.56. The molecule has 0 fully saturated rings. The molecule has 0 aromatic heterocycles. The van der Waals surface area contributed by atoms with Crippen molar-refractivity contribution >= 4 is 16.7 Å². The van der Waals surface area contributed by atoms with Crippen molar-refractivity contribution in [2.75, 3.05) is 7.11 Å². The number of hydrogen-bond acceptors (Lipinski definition) is 4. The summed E-state index contributed by atoms with van der Waals surface area (Å²) in [7, 11) is 1.23. The molecule has 0 saturated carbocycles. The van der Waals surface area contributed by atoms with E-state index in [9.17, 15) is 15.0 Å². The van der Waals surface area contributed by atoms with E-state index in [0.29, 0.717) is 16.3 Å². The largest absolute Gasteiger partial charge is 0.507 e. The lowest BCUT2D eigenvalue weighted by Gasteiger charge is -2.12. The highest BCUT2D eigenvalue weighted by Crippen LogP contribution is 2.39. The molecule has 0 aliphatic rings. The van der Waals surface area contributed by atoms with Gasteiger partial charge in [0, 0.05) is 16.3 Å². The van der Waals surface area contributed by atoms with Gasteiger partial charge >= 0.3 is 5.97 Å². The third kappa shape index (κ3) is 1.58. The lowest BCUT2D eigenvalue weighted by atomic mass is 9.99. The van der Waals surface area contributed by atoms with E-state index in [0.717, 1.165) is 0 Å². The third-order valence-corrected chi connectivity index (χ3v) is 2.79. The van der Waals surface area contributed by atoms with Crippen LogP contribution in [0.3, 0.4) is 0 Å². The van der Waals surface area contributed by atoms with Gasteiger partial charge in [-0.15, -0.1) is 0 Å². The molecular formula is C13H12O4. The zero-order valence-corrected chi connectivity index (χ0v) is 9.52. The van der Waals surface area contributed by atoms with E-state index >= 15 is 0 Å². The smallest absolute Gasteiger partial charge is 0.342 e. The number of methoxy groups -OCH3 is 1. The van der Waals surface area contributed by atoms with E-state index in [4.69, 9.17) is 0 Å². The summed E-state index contributed by atoms with van der Waals surface area (Å²) in [5, 5.41) is 21.0. The number of hydrogen-bond donors (Lipinski definition) is 2. The van der Waals surface area contributed by atoms with Crippen molar-refractivity contribution in [3.8, 4) is 11.5 Å². The molecule has 0 bridgehead atoms. The SMILES string of the molecule is COC(=O)c1c(C)c(O)c2ccccc2c1O. The van der Waals surface area contributed by atoms with Gasteiger partial charge in [0.05, 0.1) is 7.11 Å². The summed E-state index contributed by atoms with van der Waals surface area (Å²) in [6, 6.07) is 6.78. The maximum atomic E-state index is 11.6. The fourth-order valence-corrected chi connectivity index (χ4v) is 1.88. The molecule has 0 amide bonds. The molecule has 2 aromatic carbocycles. The van der Waals surface area contributed by atoms with Crippen molar-refractivity contribution in [2.24, 2.45) is 0 Å². The highest BCUT2D eigenvalue weighted by atomic mass is 16.5. The molecule has 17 heavy (non-hydrogen) atoms. The molecule has 88 valence electrons. The van der Waals surface area contributed by atoms with Gasteiger partial charge in [-0.25, -0.2) is 4.79 Å². The second-order valence-corrected chi connectivity index (χ2v) is 3.73. The minimum atomic E-state index is -0.666. The summed E-state index contributed by atoms with van der Waals surface area (Å²) < 4.78 is 4.59. The van der Waals surface area contributed by atoms with Gasteiger partial charge < -0.3 is 14.9 Å². The number of esters is 1. The minimum Gasteiger partial charge on any atom is -0.507 e. The van der Waals surface area contributed by atoms with Gasteiger partial charge in [0.2, 0.25) is 0 Å². The summed E-state index contributed by atoms with van der Waals surface area (Å²) in [5.74, 6) is -0.845. The molecular weight excluding hydrogens is 220 g/mol. The monoisotopic (exact) mass is 232 g/mol. The number of ether oxygens (including phenoxy) is 1. The molecule has 2 rings (SSSR count). The molecule has 2 aromatic rings. The van der Waals surface area contributed by atoms with Crippen LogP contribution in [0.5, 0.6) is 11.5 Å². The zero-order chi connectivity index (χ0) is 12.6. The quantitative estimate of drug-likeness (QED) is 0.585. The van der Waals surface area contributed by atoms with Crippen molar-refractivity contribution in [3.63, 3.8) is 0 Å². The molecule has 2 N–H and O–H groups in total. The lowest BCUT2D eigenvalue weighted by molar-refractivity contribution is 0.0596. The third-order valence-electron chi connectivity index (χ3n) is 2.79. The van der Waals surface area contributed by atoms with E-state index in [-0.39, 0.29) is 17.1 Å². The number of aromatic hydroxyl groups is 2. The number of fused-ring (bicyclic) bond motifs is 1. The average Bonchev–Trinajstić information content (AvgIpc) is 2.36. The molecule has 0 unspecified atom stereocenters. The minimum absolute atomic E-state index is 0.00343. The fourth-order valence-electron chi connectivity index (χ4n) is 1.88. The van der Waals surface area contributed by atoms with Crippen LogP contribution in [0.1, 0.15) is 15.9 Å². The van der Waals surface area contributed by atoms with Crippen molar-refractivity contribution in [3.05, 3.63) is 35.4 Å². The van der Waals surface area contributed by atoms with E-state index < -0.39 is 5.97 Å². The Bertz CT molecular complexity index is 602. The standard InChI is InChI=1S/C13H12O4/c1-7-10(13(16)17-2)12(15)9-6-4-3-5-8(9)11(7)14/h3-6,14-15H,1-2H3. The van der Waals surface area contributed by atoms with E-state index in [1.807, 2.05) is 0 Å². The molecule has 4 heteroatoms. The highest BCUT2D eigenvalue weighted by Gasteiger charge is 2.21. The van der Waals surface area contributed by atoms with Crippen LogP contribution >= 0.6 is 0 Å². The molecule has 0 spiro atoms. The Morgan fingerprint density at radius 1 is 1.12 bits per heavy atom. The normalized spacial score (nSPS) is 10.5. The Kier molecular flexibility index (Phi) is 2.63. The summed E-state index contributed by atoms with van der Waals surface area (Å²) in [4.78, 5) is 11.6. The molecule has 0 saturated heterocycles. The highest BCUT2D eigenvalue weighted by molar-refractivity contribution is 6.05. The maximum absolute atomic E-state index is 11.6. The molecule has 0 atom stereocenters. The van der Waals surface area contributed by atoms with E-state index in [1.165, 1.54) is 7.11 Å². The van der Waals surface area contributed by atoms with Gasteiger partial charge in [-0.1, -0.05) is 24.3 Å². The Balaban J connectivity index is 2.91. The van der Waals surface area contributed by atoms with Crippen LogP contribution in [0.4, 0.5) is 0 Å². The summed E-state index contributed by atoms with van der Waals surface area (Å²) >= 11 is 0. The maximum Gasteiger partial charge on any atom is 0.342 e. The van der Waals surface area contributed by atoms with Crippen LogP contribution in [0.15, 0.2) is 24.3 Å². The number of phenols is 2. The van der Waals surface area contributed by atoms with Crippen LogP contribution in [0.2, 0.25) is 0 Å². The van der Waals surface area contributed by atoms with Gasteiger partial charge in [-0.05, 0) is 6.92 Å². The number of benzene rings is 2.